The molecule has 0 aromatic heterocycles. The summed E-state index contributed by atoms with van der Waals surface area (Å²) >= 11 is 1.78. The second-order valence-corrected chi connectivity index (χ2v) is 5.59. The Hall–Kier alpha value is -1.82. The number of carbonyl (C=O) groups is 2. The van der Waals surface area contributed by atoms with Crippen molar-refractivity contribution in [3.05, 3.63) is 41.2 Å². The summed E-state index contributed by atoms with van der Waals surface area (Å²) in [5, 5.41) is 11.3. The molecule has 1 heterocycles. The second-order valence-electron chi connectivity index (χ2n) is 4.44. The van der Waals surface area contributed by atoms with E-state index in [0.717, 1.165) is 36.1 Å². The molecule has 1 unspecified atom stereocenters. The summed E-state index contributed by atoms with van der Waals surface area (Å²) in [6.07, 6.45) is 2.94. The van der Waals surface area contributed by atoms with Crippen molar-refractivity contribution in [1.82, 2.24) is 5.32 Å². The summed E-state index contributed by atoms with van der Waals surface area (Å²) in [5.41, 5.74) is 0.382. The zero-order chi connectivity index (χ0) is 14.5. The number of carbonyl (C=O) groups excluding carboxylic acids is 1. The number of carboxylic acids is 1. The Morgan fingerprint density at radius 2 is 2.25 bits per heavy atom. The SMILES string of the molecule is O=C(O)/C=C/c1ccc(C(=O)NC2CCSC2)cc1F. The van der Waals surface area contributed by atoms with Gasteiger partial charge in [-0.25, -0.2) is 9.18 Å². The van der Waals surface area contributed by atoms with Crippen LogP contribution in [0, 0.1) is 5.82 Å². The first-order chi connectivity index (χ1) is 9.56. The number of benzene rings is 1. The highest BCUT2D eigenvalue weighted by atomic mass is 32.2. The largest absolute Gasteiger partial charge is 0.478 e. The van der Waals surface area contributed by atoms with Gasteiger partial charge in [0.25, 0.3) is 5.91 Å². The molecule has 2 rings (SSSR count). The van der Waals surface area contributed by atoms with Crippen LogP contribution < -0.4 is 5.32 Å². The summed E-state index contributed by atoms with van der Waals surface area (Å²) in [5.74, 6) is -0.155. The lowest BCUT2D eigenvalue weighted by molar-refractivity contribution is -0.131. The molecule has 0 saturated carbocycles. The standard InChI is InChI=1S/C14H14FNO3S/c15-12-7-10(2-1-9(12)3-4-13(17)18)14(19)16-11-5-6-20-8-11/h1-4,7,11H,5-6,8H2,(H,16,19)(H,17,18)/b4-3+. The third-order valence-electron chi connectivity index (χ3n) is 2.93. The van der Waals surface area contributed by atoms with E-state index >= 15 is 0 Å². The van der Waals surface area contributed by atoms with Gasteiger partial charge in [0.05, 0.1) is 0 Å². The smallest absolute Gasteiger partial charge is 0.328 e. The maximum Gasteiger partial charge on any atom is 0.328 e. The van der Waals surface area contributed by atoms with Gasteiger partial charge in [0.1, 0.15) is 5.82 Å². The van der Waals surface area contributed by atoms with Crippen molar-refractivity contribution in [3.63, 3.8) is 0 Å². The number of carboxylic acid groups (broad SMARTS) is 1. The van der Waals surface area contributed by atoms with Crippen molar-refractivity contribution in [1.29, 1.82) is 0 Å². The Balaban J connectivity index is 2.07. The summed E-state index contributed by atoms with van der Waals surface area (Å²) in [4.78, 5) is 22.3. The molecule has 6 heteroatoms. The van der Waals surface area contributed by atoms with Crippen LogP contribution in [0.15, 0.2) is 24.3 Å². The van der Waals surface area contributed by atoms with E-state index in [1.807, 2.05) is 0 Å². The van der Waals surface area contributed by atoms with E-state index in [9.17, 15) is 14.0 Å². The average Bonchev–Trinajstić information content (AvgIpc) is 2.89. The first-order valence-electron chi connectivity index (χ1n) is 6.15. The first-order valence-corrected chi connectivity index (χ1v) is 7.31. The predicted octanol–water partition coefficient (Wildman–Crippen LogP) is 2.16. The second kappa shape index (κ2) is 6.56. The number of nitrogens with one attached hydrogen (secondary N) is 1. The molecule has 20 heavy (non-hydrogen) atoms. The van der Waals surface area contributed by atoms with Crippen LogP contribution in [0.5, 0.6) is 0 Å². The van der Waals surface area contributed by atoms with Gasteiger partial charge in [-0.15, -0.1) is 0 Å². The lowest BCUT2D eigenvalue weighted by Gasteiger charge is -2.11. The highest BCUT2D eigenvalue weighted by Gasteiger charge is 2.18. The van der Waals surface area contributed by atoms with Gasteiger partial charge in [0, 0.05) is 29.0 Å². The Morgan fingerprint density at radius 3 is 2.85 bits per heavy atom. The number of aliphatic carboxylic acids is 1. The zero-order valence-electron chi connectivity index (χ0n) is 10.6. The van der Waals surface area contributed by atoms with Gasteiger partial charge in [-0.3, -0.25) is 4.79 Å². The quantitative estimate of drug-likeness (QED) is 0.835. The van der Waals surface area contributed by atoms with Crippen LogP contribution in [0.2, 0.25) is 0 Å². The fourth-order valence-corrected chi connectivity index (χ4v) is 3.03. The molecule has 1 aromatic rings. The molecule has 106 valence electrons. The lowest BCUT2D eigenvalue weighted by Crippen LogP contribution is -2.34. The number of rotatable bonds is 4. The first kappa shape index (κ1) is 14.6. The molecule has 1 saturated heterocycles. The van der Waals surface area contributed by atoms with E-state index in [4.69, 9.17) is 5.11 Å². The van der Waals surface area contributed by atoms with Crippen molar-refractivity contribution in [2.45, 2.75) is 12.5 Å². The average molecular weight is 295 g/mol. The van der Waals surface area contributed by atoms with Crippen LogP contribution in [0.3, 0.4) is 0 Å². The van der Waals surface area contributed by atoms with Gasteiger partial charge in [0.2, 0.25) is 0 Å². The third kappa shape index (κ3) is 3.84. The Labute approximate surface area is 120 Å². The molecular weight excluding hydrogens is 281 g/mol. The van der Waals surface area contributed by atoms with E-state index in [-0.39, 0.29) is 23.1 Å². The molecule has 1 fully saturated rings. The molecule has 0 bridgehead atoms. The predicted molar refractivity (Wildman–Crippen MR) is 76.3 cm³/mol. The molecule has 4 nitrogen and oxygen atoms in total. The molecule has 1 aromatic carbocycles. The molecule has 1 amide bonds. The summed E-state index contributed by atoms with van der Waals surface area (Å²) in [7, 11) is 0. The van der Waals surface area contributed by atoms with E-state index in [1.54, 1.807) is 11.8 Å². The summed E-state index contributed by atoms with van der Waals surface area (Å²) < 4.78 is 13.7. The topological polar surface area (TPSA) is 66.4 Å². The third-order valence-corrected chi connectivity index (χ3v) is 4.10. The molecule has 2 N–H and O–H groups in total. The summed E-state index contributed by atoms with van der Waals surface area (Å²) in [6, 6.07) is 4.15. The number of hydrogen-bond acceptors (Lipinski definition) is 3. The van der Waals surface area contributed by atoms with E-state index in [2.05, 4.69) is 5.32 Å². The van der Waals surface area contributed by atoms with E-state index in [0.29, 0.717) is 0 Å². The maximum atomic E-state index is 13.7. The fraction of sp³-hybridized carbons (Fsp3) is 0.286. The Kier molecular flexibility index (Phi) is 4.79. The number of hydrogen-bond donors (Lipinski definition) is 2. The van der Waals surface area contributed by atoms with Crippen molar-refractivity contribution >= 4 is 29.7 Å². The fourth-order valence-electron chi connectivity index (χ4n) is 1.88. The maximum absolute atomic E-state index is 13.7. The Bertz CT molecular complexity index is 553. The molecular formula is C14H14FNO3S. The molecule has 0 radical (unpaired) electrons. The minimum absolute atomic E-state index is 0.139. The Morgan fingerprint density at radius 1 is 1.45 bits per heavy atom. The van der Waals surface area contributed by atoms with Crippen LogP contribution in [-0.2, 0) is 4.79 Å². The van der Waals surface area contributed by atoms with Gasteiger partial charge < -0.3 is 10.4 Å². The monoisotopic (exact) mass is 295 g/mol. The van der Waals surface area contributed by atoms with Crippen molar-refractivity contribution in [2.24, 2.45) is 0 Å². The van der Waals surface area contributed by atoms with Gasteiger partial charge in [-0.1, -0.05) is 6.07 Å². The van der Waals surface area contributed by atoms with Crippen molar-refractivity contribution < 1.29 is 19.1 Å². The molecule has 1 aliphatic heterocycles. The van der Waals surface area contributed by atoms with Gasteiger partial charge in [-0.05, 0) is 30.4 Å². The minimum atomic E-state index is -1.15. The zero-order valence-corrected chi connectivity index (χ0v) is 11.5. The van der Waals surface area contributed by atoms with Crippen LogP contribution in [-0.4, -0.2) is 34.5 Å². The van der Waals surface area contributed by atoms with E-state index < -0.39 is 11.8 Å². The van der Waals surface area contributed by atoms with Gasteiger partial charge in [0.15, 0.2) is 0 Å². The normalized spacial score (nSPS) is 18.4. The number of thioether (sulfide) groups is 1. The van der Waals surface area contributed by atoms with Crippen LogP contribution >= 0.6 is 11.8 Å². The van der Waals surface area contributed by atoms with Crippen molar-refractivity contribution in [3.8, 4) is 0 Å². The van der Waals surface area contributed by atoms with Gasteiger partial charge >= 0.3 is 5.97 Å². The molecule has 1 atom stereocenters. The van der Waals surface area contributed by atoms with E-state index in [1.165, 1.54) is 12.1 Å². The van der Waals surface area contributed by atoms with Crippen LogP contribution in [0.25, 0.3) is 6.08 Å². The number of halogens is 1. The summed E-state index contributed by atoms with van der Waals surface area (Å²) in [6.45, 7) is 0. The van der Waals surface area contributed by atoms with Crippen LogP contribution in [0.1, 0.15) is 22.3 Å². The van der Waals surface area contributed by atoms with Gasteiger partial charge in [-0.2, -0.15) is 11.8 Å². The molecule has 1 aliphatic rings. The highest BCUT2D eigenvalue weighted by molar-refractivity contribution is 7.99. The van der Waals surface area contributed by atoms with Crippen molar-refractivity contribution in [2.75, 3.05) is 11.5 Å². The number of amides is 1. The minimum Gasteiger partial charge on any atom is -0.478 e. The molecule has 0 spiro atoms. The lowest BCUT2D eigenvalue weighted by atomic mass is 10.1. The van der Waals surface area contributed by atoms with Crippen LogP contribution in [0.4, 0.5) is 4.39 Å². The highest BCUT2D eigenvalue weighted by Crippen LogP contribution is 2.18. The molecule has 0 aliphatic carbocycles.